The van der Waals surface area contributed by atoms with E-state index in [2.05, 4.69) is 20.6 Å². The smallest absolute Gasteiger partial charge is 0.227 e. The molecule has 1 aliphatic rings. The van der Waals surface area contributed by atoms with Crippen molar-refractivity contribution in [2.45, 2.75) is 32.6 Å². The molecule has 2 N–H and O–H groups in total. The van der Waals surface area contributed by atoms with Gasteiger partial charge in [-0.1, -0.05) is 0 Å². The van der Waals surface area contributed by atoms with E-state index >= 15 is 0 Å². The van der Waals surface area contributed by atoms with Crippen LogP contribution >= 0.6 is 0 Å². The molecule has 1 heterocycles. The second-order valence-corrected chi connectivity index (χ2v) is 5.57. The van der Waals surface area contributed by atoms with Crippen LogP contribution in [0.5, 0.6) is 0 Å². The Morgan fingerprint density at radius 2 is 1.78 bits per heavy atom. The first-order chi connectivity index (χ1) is 11.1. The first-order valence-electron chi connectivity index (χ1n) is 7.65. The minimum Gasteiger partial charge on any atom is -0.326 e. The molecule has 2 aromatic rings. The maximum atomic E-state index is 12.0. The van der Waals surface area contributed by atoms with Crippen molar-refractivity contribution in [2.24, 2.45) is 0 Å². The summed E-state index contributed by atoms with van der Waals surface area (Å²) in [5.74, 6) is 0.499. The van der Waals surface area contributed by atoms with Crippen molar-refractivity contribution in [3.8, 4) is 0 Å². The van der Waals surface area contributed by atoms with Crippen LogP contribution in [0.15, 0.2) is 30.5 Å². The Labute approximate surface area is 134 Å². The largest absolute Gasteiger partial charge is 0.326 e. The van der Waals surface area contributed by atoms with Gasteiger partial charge in [-0.15, -0.1) is 0 Å². The Morgan fingerprint density at radius 1 is 1.09 bits per heavy atom. The summed E-state index contributed by atoms with van der Waals surface area (Å²) in [5, 5.41) is 5.84. The normalized spacial score (nSPS) is 13.9. The highest BCUT2D eigenvalue weighted by atomic mass is 16.1. The van der Waals surface area contributed by atoms with Crippen molar-refractivity contribution in [3.05, 3.63) is 41.7 Å². The fourth-order valence-corrected chi connectivity index (χ4v) is 2.58. The Hall–Kier alpha value is -2.76. The number of aromatic nitrogens is 2. The summed E-state index contributed by atoms with van der Waals surface area (Å²) in [6.07, 6.45) is 4.88. The molecule has 0 fully saturated rings. The van der Waals surface area contributed by atoms with Gasteiger partial charge >= 0.3 is 0 Å². The molecule has 0 bridgehead atoms. The highest BCUT2D eigenvalue weighted by Gasteiger charge is 2.17. The number of carbonyl (C=O) groups is 2. The average Bonchev–Trinajstić information content (AvgIpc) is 2.70. The maximum absolute atomic E-state index is 12.0. The van der Waals surface area contributed by atoms with Crippen molar-refractivity contribution in [1.82, 2.24) is 9.97 Å². The number of Topliss-reactive ketones (excluding diaryl/α,β-unsaturated/α-hetero) is 1. The molecule has 1 aromatic heterocycles. The summed E-state index contributed by atoms with van der Waals surface area (Å²) >= 11 is 0. The van der Waals surface area contributed by atoms with Crippen LogP contribution in [0.4, 0.5) is 17.3 Å². The summed E-state index contributed by atoms with van der Waals surface area (Å²) in [6, 6.07) is 7.28. The molecule has 6 heteroatoms. The molecule has 1 aliphatic carbocycles. The maximum Gasteiger partial charge on any atom is 0.227 e. The average molecular weight is 310 g/mol. The molecule has 0 saturated carbocycles. The lowest BCUT2D eigenvalue weighted by molar-refractivity contribution is -0.114. The van der Waals surface area contributed by atoms with Gasteiger partial charge in [-0.2, -0.15) is 0 Å². The number of rotatable bonds is 3. The molecule has 0 saturated heterocycles. The van der Waals surface area contributed by atoms with E-state index in [0.717, 1.165) is 36.3 Å². The third-order valence-corrected chi connectivity index (χ3v) is 3.70. The zero-order chi connectivity index (χ0) is 16.2. The van der Waals surface area contributed by atoms with E-state index in [9.17, 15) is 9.59 Å². The minimum atomic E-state index is -0.107. The second kappa shape index (κ2) is 6.56. The molecule has 1 aromatic carbocycles. The molecular formula is C17H18N4O2. The number of nitrogens with zero attached hydrogens (tertiary/aromatic N) is 2. The molecule has 3 rings (SSSR count). The topological polar surface area (TPSA) is 84.0 Å². The zero-order valence-electron chi connectivity index (χ0n) is 12.9. The number of hydrogen-bond acceptors (Lipinski definition) is 5. The number of nitrogens with one attached hydrogen (secondary N) is 2. The number of hydrogen-bond donors (Lipinski definition) is 2. The van der Waals surface area contributed by atoms with Gasteiger partial charge in [-0.3, -0.25) is 9.59 Å². The van der Waals surface area contributed by atoms with Gasteiger partial charge in [-0.25, -0.2) is 9.97 Å². The lowest BCUT2D eigenvalue weighted by atomic mass is 10.1. The summed E-state index contributed by atoms with van der Waals surface area (Å²) in [5.41, 5.74) is 3.02. The third kappa shape index (κ3) is 3.71. The monoisotopic (exact) mass is 310 g/mol. The zero-order valence-corrected chi connectivity index (χ0v) is 12.9. The van der Waals surface area contributed by atoms with Crippen molar-refractivity contribution < 1.29 is 9.59 Å². The lowest BCUT2D eigenvalue weighted by Crippen LogP contribution is -2.07. The number of aryl methyl sites for hydroxylation is 1. The molecule has 6 nitrogen and oxygen atoms in total. The molecule has 0 radical (unpaired) electrons. The van der Waals surface area contributed by atoms with Crippen LogP contribution in [0.25, 0.3) is 0 Å². The number of benzene rings is 1. The van der Waals surface area contributed by atoms with Crippen LogP contribution in [-0.4, -0.2) is 21.7 Å². The first kappa shape index (κ1) is 15.1. The highest BCUT2D eigenvalue weighted by Crippen LogP contribution is 2.21. The molecule has 0 atom stereocenters. The van der Waals surface area contributed by atoms with Crippen LogP contribution in [0.3, 0.4) is 0 Å². The van der Waals surface area contributed by atoms with E-state index in [1.165, 1.54) is 6.92 Å². The van der Waals surface area contributed by atoms with Crippen molar-refractivity contribution >= 4 is 29.0 Å². The van der Waals surface area contributed by atoms with E-state index in [0.29, 0.717) is 17.9 Å². The third-order valence-electron chi connectivity index (χ3n) is 3.70. The fraction of sp³-hybridized carbons (Fsp3) is 0.294. The highest BCUT2D eigenvalue weighted by molar-refractivity contribution is 5.97. The van der Waals surface area contributed by atoms with Gasteiger partial charge < -0.3 is 10.6 Å². The molecule has 118 valence electrons. The molecular weight excluding hydrogens is 292 g/mol. The van der Waals surface area contributed by atoms with Crippen LogP contribution in [-0.2, 0) is 11.2 Å². The second-order valence-electron chi connectivity index (χ2n) is 5.57. The number of fused-ring (bicyclic) bond motifs is 1. The van der Waals surface area contributed by atoms with E-state index in [4.69, 9.17) is 0 Å². The summed E-state index contributed by atoms with van der Waals surface area (Å²) in [6.45, 7) is 1.47. The molecule has 0 spiro atoms. The van der Waals surface area contributed by atoms with Crippen molar-refractivity contribution in [2.75, 3.05) is 10.6 Å². The number of anilines is 3. The van der Waals surface area contributed by atoms with Gasteiger partial charge in [0.05, 0.1) is 11.3 Å². The number of ketones is 1. The van der Waals surface area contributed by atoms with Gasteiger partial charge in [0.15, 0.2) is 5.78 Å². The van der Waals surface area contributed by atoms with E-state index in [1.807, 2.05) is 12.1 Å². The summed E-state index contributed by atoms with van der Waals surface area (Å²) in [7, 11) is 0. The fourth-order valence-electron chi connectivity index (χ4n) is 2.58. The first-order valence-corrected chi connectivity index (χ1v) is 7.65. The SMILES string of the molecule is CC(=O)Nc1ccc(Nc2ncc3c(n2)CCCCC3=O)cc1. The predicted molar refractivity (Wildman–Crippen MR) is 87.9 cm³/mol. The number of amides is 1. The van der Waals surface area contributed by atoms with Crippen LogP contribution in [0.2, 0.25) is 0 Å². The van der Waals surface area contributed by atoms with Crippen molar-refractivity contribution in [3.63, 3.8) is 0 Å². The number of carbonyl (C=O) groups excluding carboxylic acids is 2. The quantitative estimate of drug-likeness (QED) is 0.851. The molecule has 0 aliphatic heterocycles. The van der Waals surface area contributed by atoms with Gasteiger partial charge in [-0.05, 0) is 43.5 Å². The van der Waals surface area contributed by atoms with Gasteiger partial charge in [0.25, 0.3) is 0 Å². The minimum absolute atomic E-state index is 0.107. The standard InChI is InChI=1S/C17H18N4O2/c1-11(22)19-12-6-8-13(9-7-12)20-17-18-10-14-15(21-17)4-2-3-5-16(14)23/h6-10H,2-5H2,1H3,(H,19,22)(H,18,20,21). The Morgan fingerprint density at radius 3 is 2.52 bits per heavy atom. The van der Waals surface area contributed by atoms with E-state index in [1.54, 1.807) is 18.3 Å². The Kier molecular flexibility index (Phi) is 4.32. The van der Waals surface area contributed by atoms with Crippen LogP contribution in [0.1, 0.15) is 42.2 Å². The lowest BCUT2D eigenvalue weighted by Gasteiger charge is -2.09. The van der Waals surface area contributed by atoms with Crippen LogP contribution in [0, 0.1) is 0 Å². The Bertz CT molecular complexity index is 741. The summed E-state index contributed by atoms with van der Waals surface area (Å²) < 4.78 is 0. The Balaban J connectivity index is 1.76. The van der Waals surface area contributed by atoms with Crippen LogP contribution < -0.4 is 10.6 Å². The molecule has 23 heavy (non-hydrogen) atoms. The van der Waals surface area contributed by atoms with Crippen molar-refractivity contribution in [1.29, 1.82) is 0 Å². The van der Waals surface area contributed by atoms with Gasteiger partial charge in [0.1, 0.15) is 0 Å². The van der Waals surface area contributed by atoms with Gasteiger partial charge in [0.2, 0.25) is 11.9 Å². The van der Waals surface area contributed by atoms with E-state index < -0.39 is 0 Å². The van der Waals surface area contributed by atoms with E-state index in [-0.39, 0.29) is 11.7 Å². The molecule has 0 unspecified atom stereocenters. The predicted octanol–water partition coefficient (Wildman–Crippen LogP) is 3.09. The van der Waals surface area contributed by atoms with Gasteiger partial charge in [0, 0.05) is 30.9 Å². The molecule has 1 amide bonds. The summed E-state index contributed by atoms with van der Waals surface area (Å²) in [4.78, 5) is 31.7.